The van der Waals surface area contributed by atoms with Gasteiger partial charge < -0.3 is 5.73 Å². The average molecular weight is 245 g/mol. The first-order chi connectivity index (χ1) is 8.57. The van der Waals surface area contributed by atoms with E-state index in [1.54, 1.807) is 12.1 Å². The molecular weight excluding hydrogens is 225 g/mol. The summed E-state index contributed by atoms with van der Waals surface area (Å²) < 4.78 is 13.5. The van der Waals surface area contributed by atoms with E-state index in [1.807, 2.05) is 6.07 Å². The molecule has 96 valence electrons. The molecule has 4 fully saturated rings. The standard InChI is InChI=1S/C16H20FN/c17-14-3-1-2-13(5-14)15-6-11-4-12(7-15)9-16(18,8-11)10-15/h1-3,5,11-12H,4,6-10,18H2. The Balaban J connectivity index is 1.80. The summed E-state index contributed by atoms with van der Waals surface area (Å²) in [5, 5.41) is 0. The molecule has 1 aromatic rings. The molecule has 4 saturated carbocycles. The van der Waals surface area contributed by atoms with Crippen LogP contribution in [0.15, 0.2) is 24.3 Å². The molecule has 2 unspecified atom stereocenters. The maximum atomic E-state index is 13.5. The first-order valence-corrected chi connectivity index (χ1v) is 7.12. The maximum absolute atomic E-state index is 13.5. The summed E-state index contributed by atoms with van der Waals surface area (Å²) in [6.07, 6.45) is 7.27. The zero-order chi connectivity index (χ0) is 12.4. The van der Waals surface area contributed by atoms with E-state index in [4.69, 9.17) is 5.73 Å². The van der Waals surface area contributed by atoms with Crippen molar-refractivity contribution in [1.82, 2.24) is 0 Å². The summed E-state index contributed by atoms with van der Waals surface area (Å²) in [5.74, 6) is 1.45. The zero-order valence-electron chi connectivity index (χ0n) is 10.7. The lowest BCUT2D eigenvalue weighted by Gasteiger charge is -2.61. The van der Waals surface area contributed by atoms with Crippen LogP contribution in [0.5, 0.6) is 0 Å². The number of hydrogen-bond acceptors (Lipinski definition) is 1. The minimum absolute atomic E-state index is 0.0381. The molecule has 2 heteroatoms. The Bertz CT molecular complexity index is 482. The summed E-state index contributed by atoms with van der Waals surface area (Å²) in [6, 6.07) is 7.25. The summed E-state index contributed by atoms with van der Waals surface area (Å²) in [5.41, 5.74) is 8.01. The fraction of sp³-hybridized carbons (Fsp3) is 0.625. The molecule has 0 spiro atoms. The predicted molar refractivity (Wildman–Crippen MR) is 69.7 cm³/mol. The topological polar surface area (TPSA) is 26.0 Å². The van der Waals surface area contributed by atoms with Gasteiger partial charge in [-0.3, -0.25) is 0 Å². The van der Waals surface area contributed by atoms with Gasteiger partial charge in [-0.2, -0.15) is 0 Å². The van der Waals surface area contributed by atoms with Gasteiger partial charge in [-0.15, -0.1) is 0 Å². The van der Waals surface area contributed by atoms with Crippen LogP contribution in [-0.2, 0) is 5.41 Å². The fourth-order valence-electron chi connectivity index (χ4n) is 5.49. The Morgan fingerprint density at radius 3 is 2.44 bits per heavy atom. The lowest BCUT2D eigenvalue weighted by molar-refractivity contribution is -0.0228. The molecule has 18 heavy (non-hydrogen) atoms. The summed E-state index contributed by atoms with van der Waals surface area (Å²) >= 11 is 0. The van der Waals surface area contributed by atoms with Crippen LogP contribution in [-0.4, -0.2) is 5.54 Å². The molecule has 0 radical (unpaired) electrons. The van der Waals surface area contributed by atoms with E-state index in [9.17, 15) is 4.39 Å². The zero-order valence-corrected chi connectivity index (χ0v) is 10.7. The van der Waals surface area contributed by atoms with Gasteiger partial charge in [0.25, 0.3) is 0 Å². The van der Waals surface area contributed by atoms with Crippen LogP contribution >= 0.6 is 0 Å². The molecule has 0 aliphatic heterocycles. The van der Waals surface area contributed by atoms with Crippen molar-refractivity contribution in [3.63, 3.8) is 0 Å². The lowest BCUT2D eigenvalue weighted by Crippen LogP contribution is -2.61. The first kappa shape index (κ1) is 11.0. The quantitative estimate of drug-likeness (QED) is 0.806. The van der Waals surface area contributed by atoms with Crippen molar-refractivity contribution >= 4 is 0 Å². The highest BCUT2D eigenvalue weighted by atomic mass is 19.1. The van der Waals surface area contributed by atoms with E-state index in [2.05, 4.69) is 6.07 Å². The molecule has 1 nitrogen and oxygen atoms in total. The second-order valence-corrected chi connectivity index (χ2v) is 7.11. The number of benzene rings is 1. The molecule has 5 rings (SSSR count). The minimum Gasteiger partial charge on any atom is -0.325 e. The number of rotatable bonds is 1. The minimum atomic E-state index is -0.102. The number of halogens is 1. The van der Waals surface area contributed by atoms with Crippen molar-refractivity contribution in [1.29, 1.82) is 0 Å². The summed E-state index contributed by atoms with van der Waals surface area (Å²) in [7, 11) is 0. The van der Waals surface area contributed by atoms with Crippen LogP contribution in [0.1, 0.15) is 44.1 Å². The SMILES string of the molecule is NC12CC3CC(C1)CC(c1cccc(F)c1)(C3)C2. The Morgan fingerprint density at radius 1 is 1.11 bits per heavy atom. The largest absolute Gasteiger partial charge is 0.325 e. The van der Waals surface area contributed by atoms with E-state index in [0.717, 1.165) is 18.3 Å². The van der Waals surface area contributed by atoms with Gasteiger partial charge in [0.2, 0.25) is 0 Å². The van der Waals surface area contributed by atoms with Gasteiger partial charge >= 0.3 is 0 Å². The highest BCUT2D eigenvalue weighted by Crippen LogP contribution is 2.61. The molecule has 0 heterocycles. The number of nitrogens with two attached hydrogens (primary N) is 1. The Labute approximate surface area is 108 Å². The smallest absolute Gasteiger partial charge is 0.123 e. The Hall–Kier alpha value is -0.890. The number of hydrogen-bond donors (Lipinski definition) is 1. The van der Waals surface area contributed by atoms with Gasteiger partial charge in [-0.1, -0.05) is 12.1 Å². The molecule has 0 aromatic heterocycles. The highest BCUT2D eigenvalue weighted by molar-refractivity contribution is 5.31. The van der Waals surface area contributed by atoms with Gasteiger partial charge in [-0.25, -0.2) is 4.39 Å². The van der Waals surface area contributed by atoms with Gasteiger partial charge in [0, 0.05) is 5.54 Å². The molecule has 0 saturated heterocycles. The molecule has 4 bridgehead atoms. The third-order valence-electron chi connectivity index (χ3n) is 5.54. The lowest BCUT2D eigenvalue weighted by atomic mass is 9.45. The molecular formula is C16H20FN. The molecule has 0 amide bonds. The Kier molecular flexibility index (Phi) is 2.05. The molecule has 4 aliphatic carbocycles. The van der Waals surface area contributed by atoms with E-state index in [-0.39, 0.29) is 16.8 Å². The average Bonchev–Trinajstić information content (AvgIpc) is 2.25. The summed E-state index contributed by atoms with van der Waals surface area (Å²) in [6.45, 7) is 0. The first-order valence-electron chi connectivity index (χ1n) is 7.12. The van der Waals surface area contributed by atoms with Crippen molar-refractivity contribution in [2.24, 2.45) is 17.6 Å². The van der Waals surface area contributed by atoms with Crippen molar-refractivity contribution in [2.45, 2.75) is 49.5 Å². The van der Waals surface area contributed by atoms with Crippen LogP contribution < -0.4 is 5.73 Å². The van der Waals surface area contributed by atoms with E-state index < -0.39 is 0 Å². The molecule has 1 aromatic carbocycles. The van der Waals surface area contributed by atoms with Crippen LogP contribution in [0, 0.1) is 17.7 Å². The molecule has 2 atom stereocenters. The maximum Gasteiger partial charge on any atom is 0.123 e. The molecule has 2 N–H and O–H groups in total. The van der Waals surface area contributed by atoms with Gasteiger partial charge in [-0.05, 0) is 73.5 Å². The van der Waals surface area contributed by atoms with E-state index >= 15 is 0 Å². The van der Waals surface area contributed by atoms with E-state index in [1.165, 1.54) is 37.7 Å². The second-order valence-electron chi connectivity index (χ2n) is 7.11. The van der Waals surface area contributed by atoms with Gasteiger partial charge in [0.1, 0.15) is 5.82 Å². The molecule has 4 aliphatic rings. The van der Waals surface area contributed by atoms with Gasteiger partial charge in [0.05, 0.1) is 0 Å². The van der Waals surface area contributed by atoms with Crippen LogP contribution in [0.3, 0.4) is 0 Å². The van der Waals surface area contributed by atoms with E-state index in [0.29, 0.717) is 0 Å². The van der Waals surface area contributed by atoms with Crippen LogP contribution in [0.2, 0.25) is 0 Å². The third-order valence-corrected chi connectivity index (χ3v) is 5.54. The van der Waals surface area contributed by atoms with Crippen LogP contribution in [0.25, 0.3) is 0 Å². The van der Waals surface area contributed by atoms with Gasteiger partial charge in [0.15, 0.2) is 0 Å². The summed E-state index contributed by atoms with van der Waals surface area (Å²) in [4.78, 5) is 0. The van der Waals surface area contributed by atoms with Crippen molar-refractivity contribution in [3.05, 3.63) is 35.6 Å². The predicted octanol–water partition coefficient (Wildman–Crippen LogP) is 3.37. The third kappa shape index (κ3) is 1.48. The second kappa shape index (κ2) is 3.36. The normalized spacial score (nSPS) is 45.4. The highest BCUT2D eigenvalue weighted by Gasteiger charge is 2.56. The van der Waals surface area contributed by atoms with Crippen molar-refractivity contribution < 1.29 is 4.39 Å². The van der Waals surface area contributed by atoms with Crippen LogP contribution in [0.4, 0.5) is 4.39 Å². The monoisotopic (exact) mass is 245 g/mol. The van der Waals surface area contributed by atoms with Crippen molar-refractivity contribution in [2.75, 3.05) is 0 Å². The fourth-order valence-corrected chi connectivity index (χ4v) is 5.49. The Morgan fingerprint density at radius 2 is 1.83 bits per heavy atom. The van der Waals surface area contributed by atoms with Crippen molar-refractivity contribution in [3.8, 4) is 0 Å².